The maximum atomic E-state index is 12.4. The summed E-state index contributed by atoms with van der Waals surface area (Å²) in [6.45, 7) is 3.64. The number of aromatic nitrogens is 3. The minimum atomic E-state index is 0.139. The molecule has 1 amide bonds. The van der Waals surface area contributed by atoms with Gasteiger partial charge in [0, 0.05) is 6.54 Å². The van der Waals surface area contributed by atoms with E-state index in [-0.39, 0.29) is 11.9 Å². The molecular weight excluding hydrogens is 290 g/mol. The highest BCUT2D eigenvalue weighted by Crippen LogP contribution is 2.25. The van der Waals surface area contributed by atoms with E-state index in [9.17, 15) is 4.79 Å². The molecule has 0 spiro atoms. The summed E-state index contributed by atoms with van der Waals surface area (Å²) in [5.41, 5.74) is 1.26. The van der Waals surface area contributed by atoms with E-state index >= 15 is 0 Å². The molecule has 6 nitrogen and oxygen atoms in total. The van der Waals surface area contributed by atoms with Crippen molar-refractivity contribution < 1.29 is 4.79 Å². The summed E-state index contributed by atoms with van der Waals surface area (Å²) < 4.78 is 2.19. The topological polar surface area (TPSA) is 54.3 Å². The first-order chi connectivity index (χ1) is 11.0. The number of hydrogen-bond donors (Lipinski definition) is 0. The number of aryl methyl sites for hydroxylation is 1. The van der Waals surface area contributed by atoms with E-state index < -0.39 is 0 Å². The van der Waals surface area contributed by atoms with Crippen molar-refractivity contribution in [3.63, 3.8) is 0 Å². The van der Waals surface area contributed by atoms with Crippen LogP contribution in [0.4, 0.5) is 0 Å². The summed E-state index contributed by atoms with van der Waals surface area (Å²) in [5.74, 6) is 1.93. The predicted octanol–water partition coefficient (Wildman–Crippen LogP) is 1.27. The number of amides is 1. The van der Waals surface area contributed by atoms with Crippen LogP contribution in [0.5, 0.6) is 0 Å². The molecule has 122 valence electrons. The molecule has 1 aromatic heterocycles. The molecular formula is C17H23N5O. The van der Waals surface area contributed by atoms with Gasteiger partial charge >= 0.3 is 0 Å². The Morgan fingerprint density at radius 2 is 2.00 bits per heavy atom. The van der Waals surface area contributed by atoms with Crippen LogP contribution in [0.3, 0.4) is 0 Å². The molecule has 1 aliphatic heterocycles. The lowest BCUT2D eigenvalue weighted by molar-refractivity contribution is -0.134. The minimum Gasteiger partial charge on any atom is -0.332 e. The normalized spacial score (nSPS) is 17.4. The lowest BCUT2D eigenvalue weighted by atomic mass is 10.0. The SMILES string of the molecule is Cc1nnc2n1[C@H](Cc1ccccc1)CN(C(=O)CN(C)C)C2. The smallest absolute Gasteiger partial charge is 0.237 e. The van der Waals surface area contributed by atoms with E-state index in [1.807, 2.05) is 49.0 Å². The van der Waals surface area contributed by atoms with E-state index in [0.717, 1.165) is 18.1 Å². The zero-order valence-corrected chi connectivity index (χ0v) is 13.9. The highest BCUT2D eigenvalue weighted by Gasteiger charge is 2.30. The molecule has 0 radical (unpaired) electrons. The van der Waals surface area contributed by atoms with Gasteiger partial charge in [0.1, 0.15) is 5.82 Å². The Balaban J connectivity index is 1.84. The Hall–Kier alpha value is -2.21. The number of nitrogens with zero attached hydrogens (tertiary/aromatic N) is 5. The molecule has 0 aliphatic carbocycles. The number of carbonyl (C=O) groups excluding carboxylic acids is 1. The highest BCUT2D eigenvalue weighted by atomic mass is 16.2. The van der Waals surface area contributed by atoms with Crippen molar-refractivity contribution in [2.45, 2.75) is 25.9 Å². The summed E-state index contributed by atoms with van der Waals surface area (Å²) in [6.07, 6.45) is 0.873. The van der Waals surface area contributed by atoms with Gasteiger partial charge < -0.3 is 14.4 Å². The van der Waals surface area contributed by atoms with E-state index in [2.05, 4.69) is 26.9 Å². The second-order valence-electron chi connectivity index (χ2n) is 6.39. The number of hydrogen-bond acceptors (Lipinski definition) is 4. The van der Waals surface area contributed by atoms with Gasteiger partial charge in [0.05, 0.1) is 19.1 Å². The standard InChI is InChI=1S/C17H23N5O/c1-13-18-19-16-11-21(17(23)12-20(2)3)10-15(22(13)16)9-14-7-5-4-6-8-14/h4-8,15H,9-12H2,1-3H3/t15-/m1/s1. The van der Waals surface area contributed by atoms with Gasteiger partial charge in [-0.1, -0.05) is 30.3 Å². The van der Waals surface area contributed by atoms with Crippen molar-refractivity contribution in [1.29, 1.82) is 0 Å². The van der Waals surface area contributed by atoms with Crippen molar-refractivity contribution in [2.24, 2.45) is 0 Å². The zero-order chi connectivity index (χ0) is 16.4. The fourth-order valence-electron chi connectivity index (χ4n) is 3.17. The molecule has 0 bridgehead atoms. The summed E-state index contributed by atoms with van der Waals surface area (Å²) >= 11 is 0. The van der Waals surface area contributed by atoms with E-state index in [1.54, 1.807) is 0 Å². The molecule has 3 rings (SSSR count). The average molecular weight is 313 g/mol. The van der Waals surface area contributed by atoms with Crippen LogP contribution in [0.15, 0.2) is 30.3 Å². The van der Waals surface area contributed by atoms with Crippen molar-refractivity contribution in [3.8, 4) is 0 Å². The molecule has 6 heteroatoms. The van der Waals surface area contributed by atoms with E-state index in [0.29, 0.717) is 19.6 Å². The fourth-order valence-corrected chi connectivity index (χ4v) is 3.17. The molecule has 0 fully saturated rings. The monoisotopic (exact) mass is 313 g/mol. The first-order valence-corrected chi connectivity index (χ1v) is 7.91. The number of fused-ring (bicyclic) bond motifs is 1. The number of carbonyl (C=O) groups is 1. The van der Waals surface area contributed by atoms with Crippen molar-refractivity contribution >= 4 is 5.91 Å². The molecule has 0 N–H and O–H groups in total. The van der Waals surface area contributed by atoms with Crippen molar-refractivity contribution in [3.05, 3.63) is 47.5 Å². The van der Waals surface area contributed by atoms with Gasteiger partial charge in [-0.3, -0.25) is 4.79 Å². The van der Waals surface area contributed by atoms with Gasteiger partial charge in [-0.25, -0.2) is 0 Å². The summed E-state index contributed by atoms with van der Waals surface area (Å²) in [4.78, 5) is 16.3. The van der Waals surface area contributed by atoms with Crippen LogP contribution in [0, 0.1) is 6.92 Å². The first-order valence-electron chi connectivity index (χ1n) is 7.91. The maximum absolute atomic E-state index is 12.4. The molecule has 1 aliphatic rings. The van der Waals surface area contributed by atoms with Crippen LogP contribution in [-0.2, 0) is 17.8 Å². The highest BCUT2D eigenvalue weighted by molar-refractivity contribution is 5.78. The van der Waals surface area contributed by atoms with Crippen molar-refractivity contribution in [1.82, 2.24) is 24.6 Å². The third kappa shape index (κ3) is 3.42. The number of likely N-dealkylation sites (N-methyl/N-ethyl adjacent to an activating group) is 1. The third-order valence-corrected chi connectivity index (χ3v) is 4.18. The molecule has 1 aromatic carbocycles. The first kappa shape index (κ1) is 15.7. The molecule has 0 saturated heterocycles. The van der Waals surface area contributed by atoms with Gasteiger partial charge in [-0.15, -0.1) is 10.2 Å². The van der Waals surface area contributed by atoms with Gasteiger partial charge in [0.2, 0.25) is 5.91 Å². The van der Waals surface area contributed by atoms with Crippen LogP contribution in [0.2, 0.25) is 0 Å². The molecule has 2 heterocycles. The van der Waals surface area contributed by atoms with Gasteiger partial charge in [-0.05, 0) is 33.0 Å². The Bertz CT molecular complexity index is 680. The zero-order valence-electron chi connectivity index (χ0n) is 13.9. The van der Waals surface area contributed by atoms with Crippen LogP contribution in [0.1, 0.15) is 23.3 Å². The molecule has 23 heavy (non-hydrogen) atoms. The van der Waals surface area contributed by atoms with Gasteiger partial charge in [-0.2, -0.15) is 0 Å². The Morgan fingerprint density at radius 1 is 1.26 bits per heavy atom. The minimum absolute atomic E-state index is 0.139. The number of benzene rings is 1. The van der Waals surface area contributed by atoms with Crippen molar-refractivity contribution in [2.75, 3.05) is 27.2 Å². The molecule has 0 unspecified atom stereocenters. The lowest BCUT2D eigenvalue weighted by Gasteiger charge is -2.35. The Labute approximate surface area is 136 Å². The second kappa shape index (κ2) is 6.50. The largest absolute Gasteiger partial charge is 0.332 e. The third-order valence-electron chi connectivity index (χ3n) is 4.18. The summed E-state index contributed by atoms with van der Waals surface area (Å²) in [5, 5.41) is 8.47. The molecule has 0 saturated carbocycles. The summed E-state index contributed by atoms with van der Waals surface area (Å²) in [7, 11) is 3.83. The quantitative estimate of drug-likeness (QED) is 0.853. The summed E-state index contributed by atoms with van der Waals surface area (Å²) in [6, 6.07) is 10.6. The molecule has 2 aromatic rings. The van der Waals surface area contributed by atoms with Crippen LogP contribution >= 0.6 is 0 Å². The van der Waals surface area contributed by atoms with Crippen LogP contribution < -0.4 is 0 Å². The molecule has 1 atom stereocenters. The van der Waals surface area contributed by atoms with Crippen LogP contribution in [-0.4, -0.2) is 57.7 Å². The predicted molar refractivity (Wildman–Crippen MR) is 87.9 cm³/mol. The lowest BCUT2D eigenvalue weighted by Crippen LogP contribution is -2.45. The van der Waals surface area contributed by atoms with E-state index in [4.69, 9.17) is 0 Å². The second-order valence-corrected chi connectivity index (χ2v) is 6.39. The fraction of sp³-hybridized carbons (Fsp3) is 0.471. The Morgan fingerprint density at radius 3 is 2.70 bits per heavy atom. The van der Waals surface area contributed by atoms with Gasteiger partial charge in [0.25, 0.3) is 0 Å². The Kier molecular flexibility index (Phi) is 4.43. The van der Waals surface area contributed by atoms with E-state index in [1.165, 1.54) is 5.56 Å². The maximum Gasteiger partial charge on any atom is 0.237 e. The van der Waals surface area contributed by atoms with Crippen LogP contribution in [0.25, 0.3) is 0 Å². The average Bonchev–Trinajstić information content (AvgIpc) is 2.89. The number of rotatable bonds is 4. The van der Waals surface area contributed by atoms with Gasteiger partial charge in [0.15, 0.2) is 5.82 Å².